The van der Waals surface area contributed by atoms with Crippen LogP contribution in [-0.4, -0.2) is 23.3 Å². The number of hydrogen-bond donors (Lipinski definition) is 1. The average molecular weight is 333 g/mol. The Morgan fingerprint density at radius 2 is 1.75 bits per heavy atom. The predicted molar refractivity (Wildman–Crippen MR) is 86.4 cm³/mol. The summed E-state index contributed by atoms with van der Waals surface area (Å²) in [5.41, 5.74) is 0.434. The van der Waals surface area contributed by atoms with E-state index in [4.69, 9.17) is 0 Å². The van der Waals surface area contributed by atoms with Gasteiger partial charge in [-0.05, 0) is 24.6 Å². The van der Waals surface area contributed by atoms with Crippen molar-refractivity contribution in [3.05, 3.63) is 71.3 Å². The molecule has 0 saturated heterocycles. The van der Waals surface area contributed by atoms with Crippen LogP contribution in [0.2, 0.25) is 0 Å². The number of hydrogen-bond acceptors (Lipinski definition) is 3. The van der Waals surface area contributed by atoms with E-state index in [0.717, 1.165) is 11.8 Å². The normalized spacial score (nSPS) is 13.0. The second kappa shape index (κ2) is 7.12. The minimum atomic E-state index is -5.11. The van der Waals surface area contributed by atoms with Gasteiger partial charge in [-0.1, -0.05) is 42.5 Å². The van der Waals surface area contributed by atoms with Gasteiger partial charge in [0.2, 0.25) is 0 Å². The highest BCUT2D eigenvalue weighted by Gasteiger charge is 2.41. The third kappa shape index (κ3) is 4.32. The third-order valence-electron chi connectivity index (χ3n) is 3.15. The molecule has 3 nitrogen and oxygen atoms in total. The first-order valence-electron chi connectivity index (χ1n) is 7.00. The van der Waals surface area contributed by atoms with Crippen LogP contribution < -0.4 is 0 Å². The number of Topliss-reactive ketones (excluding diaryl/α,β-unsaturated/α-hetero) is 1. The molecule has 2 rings (SSSR count). The van der Waals surface area contributed by atoms with Crippen molar-refractivity contribution in [3.63, 3.8) is 0 Å². The average Bonchev–Trinajstić information content (AvgIpc) is 2.54. The lowest BCUT2D eigenvalue weighted by atomic mass is 10.1. The largest absolute Gasteiger partial charge is 0.506 e. The lowest BCUT2D eigenvalue weighted by Crippen LogP contribution is -2.26. The molecule has 2 aromatic rings. The second-order valence-electron chi connectivity index (χ2n) is 5.05. The molecule has 0 spiro atoms. The standard InChI is InChI=1S/C18H14F3NO2/c1-12-6-5-9-14(10-12)22-11-15(17(24)18(19,20)21)16(23)13-7-3-2-4-8-13/h2-11,23H,1H3. The lowest BCUT2D eigenvalue weighted by molar-refractivity contribution is -0.165. The Kier molecular flexibility index (Phi) is 5.18. The van der Waals surface area contributed by atoms with E-state index >= 15 is 0 Å². The number of aliphatic hydroxyl groups excluding tert-OH is 1. The van der Waals surface area contributed by atoms with Gasteiger partial charge >= 0.3 is 6.18 Å². The molecule has 124 valence electrons. The van der Waals surface area contributed by atoms with Crippen molar-refractivity contribution in [2.45, 2.75) is 13.1 Å². The van der Waals surface area contributed by atoms with E-state index in [2.05, 4.69) is 4.99 Å². The van der Waals surface area contributed by atoms with E-state index in [-0.39, 0.29) is 5.56 Å². The Labute approximate surface area is 136 Å². The van der Waals surface area contributed by atoms with E-state index in [0.29, 0.717) is 5.69 Å². The summed E-state index contributed by atoms with van der Waals surface area (Å²) < 4.78 is 38.4. The van der Waals surface area contributed by atoms with E-state index in [1.54, 1.807) is 49.4 Å². The van der Waals surface area contributed by atoms with Gasteiger partial charge in [-0.15, -0.1) is 0 Å². The Balaban J connectivity index is 2.50. The quantitative estimate of drug-likeness (QED) is 0.496. The van der Waals surface area contributed by atoms with E-state index in [9.17, 15) is 23.1 Å². The summed E-state index contributed by atoms with van der Waals surface area (Å²) in [5.74, 6) is -2.92. The Hall–Kier alpha value is -2.89. The van der Waals surface area contributed by atoms with E-state index in [1.165, 1.54) is 12.1 Å². The number of aliphatic imine (C=N–C) groups is 1. The molecular formula is C18H14F3NO2. The molecule has 0 aliphatic rings. The fourth-order valence-corrected chi connectivity index (χ4v) is 1.98. The first-order chi connectivity index (χ1) is 11.3. The number of ketones is 1. The van der Waals surface area contributed by atoms with Gasteiger partial charge in [0, 0.05) is 11.8 Å². The summed E-state index contributed by atoms with van der Waals surface area (Å²) in [5, 5.41) is 10.1. The Bertz CT molecular complexity index is 793. The number of carbonyl (C=O) groups excluding carboxylic acids is 1. The second-order valence-corrected chi connectivity index (χ2v) is 5.05. The molecular weight excluding hydrogens is 319 g/mol. The highest BCUT2D eigenvalue weighted by molar-refractivity contribution is 6.20. The summed E-state index contributed by atoms with van der Waals surface area (Å²) in [7, 11) is 0. The van der Waals surface area contributed by atoms with Gasteiger partial charge in [-0.2, -0.15) is 13.2 Å². The van der Waals surface area contributed by atoms with Crippen molar-refractivity contribution < 1.29 is 23.1 Å². The van der Waals surface area contributed by atoms with Gasteiger partial charge in [0.1, 0.15) is 5.76 Å². The highest BCUT2D eigenvalue weighted by atomic mass is 19.4. The summed E-state index contributed by atoms with van der Waals surface area (Å²) in [6.07, 6.45) is -4.37. The summed E-state index contributed by atoms with van der Waals surface area (Å²) in [6, 6.07) is 14.2. The zero-order valence-electron chi connectivity index (χ0n) is 12.7. The van der Waals surface area contributed by atoms with Gasteiger partial charge in [0.25, 0.3) is 5.78 Å². The molecule has 2 aromatic carbocycles. The van der Waals surface area contributed by atoms with Gasteiger partial charge < -0.3 is 5.11 Å². The van der Waals surface area contributed by atoms with Gasteiger partial charge in [0.05, 0.1) is 11.3 Å². The molecule has 0 saturated carbocycles. The first-order valence-corrected chi connectivity index (χ1v) is 7.00. The minimum Gasteiger partial charge on any atom is -0.506 e. The topological polar surface area (TPSA) is 49.7 Å². The van der Waals surface area contributed by atoms with Crippen molar-refractivity contribution in [3.8, 4) is 0 Å². The number of alkyl halides is 3. The maximum Gasteiger partial charge on any atom is 0.455 e. The van der Waals surface area contributed by atoms with Crippen LogP contribution in [0, 0.1) is 6.92 Å². The Morgan fingerprint density at radius 3 is 2.33 bits per heavy atom. The van der Waals surface area contributed by atoms with Crippen LogP contribution in [-0.2, 0) is 4.79 Å². The van der Waals surface area contributed by atoms with Crippen molar-refractivity contribution in [1.29, 1.82) is 0 Å². The number of halogens is 3. The Morgan fingerprint density at radius 1 is 1.08 bits per heavy atom. The van der Waals surface area contributed by atoms with Gasteiger partial charge in [-0.3, -0.25) is 9.79 Å². The number of carbonyl (C=O) groups is 1. The van der Waals surface area contributed by atoms with E-state index in [1.807, 2.05) is 0 Å². The number of allylic oxidation sites excluding steroid dienone is 1. The van der Waals surface area contributed by atoms with Crippen molar-refractivity contribution in [1.82, 2.24) is 0 Å². The van der Waals surface area contributed by atoms with Crippen molar-refractivity contribution >= 4 is 23.4 Å². The summed E-state index contributed by atoms with van der Waals surface area (Å²) in [4.78, 5) is 15.5. The number of rotatable bonds is 4. The zero-order chi connectivity index (χ0) is 17.7. The molecule has 0 aliphatic heterocycles. The van der Waals surface area contributed by atoms with Crippen molar-refractivity contribution in [2.75, 3.05) is 0 Å². The van der Waals surface area contributed by atoms with Crippen LogP contribution in [0.25, 0.3) is 5.76 Å². The fraction of sp³-hybridized carbons (Fsp3) is 0.111. The van der Waals surface area contributed by atoms with Gasteiger partial charge in [-0.25, -0.2) is 0 Å². The molecule has 0 amide bonds. The molecule has 6 heteroatoms. The van der Waals surface area contributed by atoms with Crippen LogP contribution in [0.1, 0.15) is 11.1 Å². The number of nitrogens with zero attached hydrogens (tertiary/aromatic N) is 1. The fourth-order valence-electron chi connectivity index (χ4n) is 1.98. The van der Waals surface area contributed by atoms with Crippen LogP contribution in [0.4, 0.5) is 18.9 Å². The number of aryl methyl sites for hydroxylation is 1. The molecule has 24 heavy (non-hydrogen) atoms. The minimum absolute atomic E-state index is 0.0980. The van der Waals surface area contributed by atoms with E-state index < -0.39 is 23.3 Å². The molecule has 0 heterocycles. The lowest BCUT2D eigenvalue weighted by Gasteiger charge is -2.09. The molecule has 0 radical (unpaired) electrons. The smallest absolute Gasteiger partial charge is 0.455 e. The van der Waals surface area contributed by atoms with Crippen LogP contribution >= 0.6 is 0 Å². The molecule has 1 N–H and O–H groups in total. The van der Waals surface area contributed by atoms with Crippen LogP contribution in [0.5, 0.6) is 0 Å². The SMILES string of the molecule is Cc1cccc(N=CC(C(=O)C(F)(F)F)=C(O)c2ccccc2)c1. The first kappa shape index (κ1) is 17.5. The molecule has 0 aliphatic carbocycles. The van der Waals surface area contributed by atoms with Crippen LogP contribution in [0.15, 0.2) is 65.2 Å². The molecule has 0 fully saturated rings. The molecule has 0 atom stereocenters. The number of aliphatic hydroxyl groups is 1. The highest BCUT2D eigenvalue weighted by Crippen LogP contribution is 2.25. The van der Waals surface area contributed by atoms with Gasteiger partial charge in [0.15, 0.2) is 0 Å². The maximum atomic E-state index is 12.8. The predicted octanol–water partition coefficient (Wildman–Crippen LogP) is 4.80. The summed E-state index contributed by atoms with van der Waals surface area (Å²) in [6.45, 7) is 1.80. The zero-order valence-corrected chi connectivity index (χ0v) is 12.7. The molecule has 0 aromatic heterocycles. The maximum absolute atomic E-state index is 12.8. The van der Waals surface area contributed by atoms with Crippen molar-refractivity contribution in [2.24, 2.45) is 4.99 Å². The summed E-state index contributed by atoms with van der Waals surface area (Å²) >= 11 is 0. The molecule has 0 unspecified atom stereocenters. The number of benzene rings is 2. The monoisotopic (exact) mass is 333 g/mol. The molecule has 0 bridgehead atoms. The van der Waals surface area contributed by atoms with Crippen LogP contribution in [0.3, 0.4) is 0 Å². The third-order valence-corrected chi connectivity index (χ3v) is 3.15.